The first-order chi connectivity index (χ1) is 16.5. The summed E-state index contributed by atoms with van der Waals surface area (Å²) in [5.41, 5.74) is 1.82. The minimum atomic E-state index is -0.261. The first-order valence-electron chi connectivity index (χ1n) is 11.7. The van der Waals surface area contributed by atoms with E-state index in [0.29, 0.717) is 30.6 Å². The van der Waals surface area contributed by atoms with Crippen LogP contribution in [-0.2, 0) is 27.2 Å². The minimum absolute atomic E-state index is 0.0689. The highest BCUT2D eigenvalue weighted by molar-refractivity contribution is 7.99. The first-order valence-corrected chi connectivity index (χ1v) is 13.5. The Labute approximate surface area is 206 Å². The Morgan fingerprint density at radius 2 is 2.09 bits per heavy atom. The number of benzene rings is 1. The standard InChI is InChI=1S/C25H29N3O4S2/c1-3-32-21(30)10-7-13-26-20(29)15-33-25-27-23-22(18-12-11-16(2)14-19(18)34-23)24(31)28(25)17-8-5-4-6-9-17/h4-6,8-9,16H,3,7,10-15H2,1-2H3,(H,26,29). The summed E-state index contributed by atoms with van der Waals surface area (Å²) in [5.74, 6) is 0.315. The van der Waals surface area contributed by atoms with Gasteiger partial charge < -0.3 is 10.1 Å². The number of carbonyl (C=O) groups excluding carboxylic acids is 2. The van der Waals surface area contributed by atoms with Crippen molar-refractivity contribution in [1.82, 2.24) is 14.9 Å². The maximum absolute atomic E-state index is 13.7. The number of carbonyl (C=O) groups is 2. The number of nitrogens with zero attached hydrogens (tertiary/aromatic N) is 2. The molecule has 1 aliphatic carbocycles. The SMILES string of the molecule is CCOC(=O)CCCNC(=O)CSc1nc2sc3c(c2c(=O)n1-c1ccccc1)CCC(C)C3. The molecular weight excluding hydrogens is 470 g/mol. The average Bonchev–Trinajstić information content (AvgIpc) is 3.19. The van der Waals surface area contributed by atoms with Gasteiger partial charge in [-0.1, -0.05) is 36.9 Å². The molecule has 1 aliphatic rings. The molecule has 0 saturated heterocycles. The monoisotopic (exact) mass is 499 g/mol. The summed E-state index contributed by atoms with van der Waals surface area (Å²) in [7, 11) is 0. The Morgan fingerprint density at radius 3 is 2.85 bits per heavy atom. The van der Waals surface area contributed by atoms with Crippen molar-refractivity contribution in [2.45, 2.75) is 51.1 Å². The number of fused-ring (bicyclic) bond motifs is 3. The van der Waals surface area contributed by atoms with Crippen LogP contribution in [0.1, 0.15) is 43.6 Å². The van der Waals surface area contributed by atoms with E-state index in [4.69, 9.17) is 9.72 Å². The van der Waals surface area contributed by atoms with Crippen molar-refractivity contribution in [1.29, 1.82) is 0 Å². The Morgan fingerprint density at radius 1 is 1.29 bits per heavy atom. The van der Waals surface area contributed by atoms with E-state index in [0.717, 1.165) is 40.7 Å². The second-order valence-corrected chi connectivity index (χ2v) is 10.5. The number of para-hydroxylation sites is 1. The molecule has 0 aliphatic heterocycles. The number of nitrogens with one attached hydrogen (secondary N) is 1. The third-order valence-corrected chi connectivity index (χ3v) is 7.92. The highest BCUT2D eigenvalue weighted by atomic mass is 32.2. The zero-order valence-corrected chi connectivity index (χ0v) is 21.1. The number of esters is 1. The van der Waals surface area contributed by atoms with Gasteiger partial charge in [-0.15, -0.1) is 11.3 Å². The second-order valence-electron chi connectivity index (χ2n) is 8.45. The van der Waals surface area contributed by atoms with Gasteiger partial charge in [0.1, 0.15) is 4.83 Å². The third-order valence-electron chi connectivity index (χ3n) is 5.83. The largest absolute Gasteiger partial charge is 0.466 e. The lowest BCUT2D eigenvalue weighted by Crippen LogP contribution is -2.28. The molecule has 0 spiro atoms. The summed E-state index contributed by atoms with van der Waals surface area (Å²) in [5, 5.41) is 4.06. The number of aryl methyl sites for hydroxylation is 1. The van der Waals surface area contributed by atoms with Crippen LogP contribution in [0, 0.1) is 5.92 Å². The number of thiophene rings is 1. The lowest BCUT2D eigenvalue weighted by atomic mass is 9.89. The Bertz CT molecular complexity index is 1240. The predicted octanol–water partition coefficient (Wildman–Crippen LogP) is 4.12. The van der Waals surface area contributed by atoms with Crippen molar-refractivity contribution in [3.63, 3.8) is 0 Å². The summed E-state index contributed by atoms with van der Waals surface area (Å²) in [6.45, 7) is 4.76. The Balaban J connectivity index is 1.55. The summed E-state index contributed by atoms with van der Waals surface area (Å²) in [4.78, 5) is 44.4. The summed E-state index contributed by atoms with van der Waals surface area (Å²) in [6.07, 6.45) is 3.76. The van der Waals surface area contributed by atoms with Crippen molar-refractivity contribution in [2.75, 3.05) is 18.9 Å². The van der Waals surface area contributed by atoms with Crippen LogP contribution in [0.15, 0.2) is 40.3 Å². The van der Waals surface area contributed by atoms with E-state index >= 15 is 0 Å². The highest BCUT2D eigenvalue weighted by Gasteiger charge is 2.25. The first kappa shape index (κ1) is 24.5. The quantitative estimate of drug-likeness (QED) is 0.206. The molecule has 9 heteroatoms. The van der Waals surface area contributed by atoms with Gasteiger partial charge in [-0.2, -0.15) is 0 Å². The van der Waals surface area contributed by atoms with Crippen molar-refractivity contribution >= 4 is 45.2 Å². The topological polar surface area (TPSA) is 90.3 Å². The van der Waals surface area contributed by atoms with Crippen molar-refractivity contribution in [2.24, 2.45) is 5.92 Å². The fourth-order valence-electron chi connectivity index (χ4n) is 4.15. The maximum Gasteiger partial charge on any atom is 0.305 e. The van der Waals surface area contributed by atoms with Gasteiger partial charge >= 0.3 is 5.97 Å². The van der Waals surface area contributed by atoms with E-state index < -0.39 is 0 Å². The number of amides is 1. The molecule has 2 heterocycles. The van der Waals surface area contributed by atoms with E-state index in [1.807, 2.05) is 30.3 Å². The molecule has 1 N–H and O–H groups in total. The fourth-order valence-corrected chi connectivity index (χ4v) is 6.41. The highest BCUT2D eigenvalue weighted by Crippen LogP contribution is 2.36. The van der Waals surface area contributed by atoms with Crippen LogP contribution < -0.4 is 10.9 Å². The Hall–Kier alpha value is -2.65. The molecule has 1 amide bonds. The summed E-state index contributed by atoms with van der Waals surface area (Å²) >= 11 is 2.86. The molecule has 0 radical (unpaired) electrons. The third kappa shape index (κ3) is 5.52. The number of aromatic nitrogens is 2. The van der Waals surface area contributed by atoms with Gasteiger partial charge in [0, 0.05) is 17.8 Å². The van der Waals surface area contributed by atoms with Crippen molar-refractivity contribution in [3.8, 4) is 5.69 Å². The molecule has 1 atom stereocenters. The summed E-state index contributed by atoms with van der Waals surface area (Å²) < 4.78 is 6.53. The molecule has 34 heavy (non-hydrogen) atoms. The van der Waals surface area contributed by atoms with Gasteiger partial charge in [-0.05, 0) is 56.2 Å². The summed E-state index contributed by atoms with van der Waals surface area (Å²) in [6, 6.07) is 9.46. The molecule has 4 rings (SSSR count). The van der Waals surface area contributed by atoms with Crippen LogP contribution in [0.2, 0.25) is 0 Å². The molecular formula is C25H29N3O4S2. The van der Waals surface area contributed by atoms with Crippen LogP contribution in [0.4, 0.5) is 0 Å². The van der Waals surface area contributed by atoms with Gasteiger partial charge in [0.25, 0.3) is 5.56 Å². The molecule has 2 aromatic heterocycles. The number of thioether (sulfide) groups is 1. The molecule has 3 aromatic rings. The molecule has 1 aromatic carbocycles. The van der Waals surface area contributed by atoms with Crippen LogP contribution in [0.3, 0.4) is 0 Å². The lowest BCUT2D eigenvalue weighted by molar-refractivity contribution is -0.143. The second kappa shape index (κ2) is 11.2. The van der Waals surface area contributed by atoms with Gasteiger partial charge in [0.2, 0.25) is 5.91 Å². The Kier molecular flexibility index (Phi) is 8.05. The van der Waals surface area contributed by atoms with Crippen molar-refractivity contribution in [3.05, 3.63) is 51.1 Å². The van der Waals surface area contributed by atoms with Gasteiger partial charge in [-0.25, -0.2) is 4.98 Å². The van der Waals surface area contributed by atoms with Crippen LogP contribution in [0.5, 0.6) is 0 Å². The number of hydrogen-bond acceptors (Lipinski definition) is 7. The van der Waals surface area contributed by atoms with E-state index in [2.05, 4.69) is 12.2 Å². The van der Waals surface area contributed by atoms with E-state index in [9.17, 15) is 14.4 Å². The minimum Gasteiger partial charge on any atom is -0.466 e. The fraction of sp³-hybridized carbons (Fsp3) is 0.440. The van der Waals surface area contributed by atoms with Crippen molar-refractivity contribution < 1.29 is 14.3 Å². The van der Waals surface area contributed by atoms with Crippen LogP contribution >= 0.6 is 23.1 Å². The van der Waals surface area contributed by atoms with Gasteiger partial charge in [-0.3, -0.25) is 19.0 Å². The maximum atomic E-state index is 13.7. The molecule has 7 nitrogen and oxygen atoms in total. The van der Waals surface area contributed by atoms with Crippen LogP contribution in [-0.4, -0.2) is 40.3 Å². The smallest absolute Gasteiger partial charge is 0.305 e. The molecule has 0 bridgehead atoms. The normalized spacial score (nSPS) is 15.2. The van der Waals surface area contributed by atoms with Gasteiger partial charge in [0.15, 0.2) is 5.16 Å². The average molecular weight is 500 g/mol. The number of ether oxygens (including phenoxy) is 1. The zero-order valence-electron chi connectivity index (χ0n) is 19.5. The van der Waals surface area contributed by atoms with E-state index in [1.165, 1.54) is 16.6 Å². The number of hydrogen-bond donors (Lipinski definition) is 1. The molecule has 0 saturated carbocycles. The van der Waals surface area contributed by atoms with Crippen LogP contribution in [0.25, 0.3) is 15.9 Å². The zero-order chi connectivity index (χ0) is 24.1. The lowest BCUT2D eigenvalue weighted by Gasteiger charge is -2.17. The number of rotatable bonds is 9. The van der Waals surface area contributed by atoms with E-state index in [-0.39, 0.29) is 29.6 Å². The van der Waals surface area contributed by atoms with E-state index in [1.54, 1.807) is 22.8 Å². The van der Waals surface area contributed by atoms with Gasteiger partial charge in [0.05, 0.1) is 23.4 Å². The molecule has 180 valence electrons. The molecule has 1 unspecified atom stereocenters. The predicted molar refractivity (Wildman–Crippen MR) is 136 cm³/mol. The molecule has 0 fully saturated rings.